The van der Waals surface area contributed by atoms with Crippen LogP contribution in [-0.2, 0) is 4.74 Å². The predicted octanol–water partition coefficient (Wildman–Crippen LogP) is 2.65. The SMILES string of the molecule is CCOC(=O)c1nc(N)ccc1-c1ccccc1F. The van der Waals surface area contributed by atoms with Crippen LogP contribution in [0.4, 0.5) is 10.2 Å². The molecule has 19 heavy (non-hydrogen) atoms. The number of carbonyl (C=O) groups excluding carboxylic acids is 1. The van der Waals surface area contributed by atoms with Gasteiger partial charge in [0, 0.05) is 11.1 Å². The standard InChI is InChI=1S/C14H13FN2O2/c1-2-19-14(18)13-10(7-8-12(16)17-13)9-5-3-4-6-11(9)15/h3-8H,2H2,1H3,(H2,16,17). The summed E-state index contributed by atoms with van der Waals surface area (Å²) in [5.41, 5.74) is 6.24. The van der Waals surface area contributed by atoms with Crippen molar-refractivity contribution in [1.82, 2.24) is 4.98 Å². The van der Waals surface area contributed by atoms with Crippen molar-refractivity contribution in [2.75, 3.05) is 12.3 Å². The molecule has 0 saturated carbocycles. The molecule has 1 heterocycles. The zero-order valence-corrected chi connectivity index (χ0v) is 10.4. The molecule has 0 saturated heterocycles. The number of hydrogen-bond acceptors (Lipinski definition) is 4. The number of nitrogen functional groups attached to an aromatic ring is 1. The molecule has 2 rings (SSSR count). The summed E-state index contributed by atoms with van der Waals surface area (Å²) < 4.78 is 18.7. The van der Waals surface area contributed by atoms with E-state index >= 15 is 0 Å². The average molecular weight is 260 g/mol. The van der Waals surface area contributed by atoms with E-state index in [4.69, 9.17) is 10.5 Å². The summed E-state index contributed by atoms with van der Waals surface area (Å²) in [6.07, 6.45) is 0. The van der Waals surface area contributed by atoms with Gasteiger partial charge in [0.2, 0.25) is 0 Å². The molecule has 1 aromatic carbocycles. The van der Waals surface area contributed by atoms with E-state index in [1.807, 2.05) is 0 Å². The van der Waals surface area contributed by atoms with Gasteiger partial charge < -0.3 is 10.5 Å². The summed E-state index contributed by atoms with van der Waals surface area (Å²) in [5.74, 6) is -0.865. The summed E-state index contributed by atoms with van der Waals surface area (Å²) in [7, 11) is 0. The van der Waals surface area contributed by atoms with E-state index in [1.54, 1.807) is 31.2 Å². The van der Waals surface area contributed by atoms with Gasteiger partial charge in [0.1, 0.15) is 11.6 Å². The Labute approximate surface area is 110 Å². The first-order valence-electron chi connectivity index (χ1n) is 5.82. The highest BCUT2D eigenvalue weighted by molar-refractivity contribution is 5.95. The fraction of sp³-hybridized carbons (Fsp3) is 0.143. The van der Waals surface area contributed by atoms with Crippen molar-refractivity contribution in [1.29, 1.82) is 0 Å². The summed E-state index contributed by atoms with van der Waals surface area (Å²) >= 11 is 0. The molecule has 5 heteroatoms. The molecule has 0 fully saturated rings. The van der Waals surface area contributed by atoms with Crippen LogP contribution >= 0.6 is 0 Å². The first-order valence-corrected chi connectivity index (χ1v) is 5.82. The molecule has 1 aromatic heterocycles. The van der Waals surface area contributed by atoms with E-state index in [0.717, 1.165) is 0 Å². The molecule has 0 aliphatic carbocycles. The van der Waals surface area contributed by atoms with Crippen molar-refractivity contribution in [2.45, 2.75) is 6.92 Å². The number of pyridine rings is 1. The number of nitrogens with two attached hydrogens (primary N) is 1. The molecule has 0 atom stereocenters. The van der Waals surface area contributed by atoms with Crippen LogP contribution in [0.15, 0.2) is 36.4 Å². The van der Waals surface area contributed by atoms with Crippen LogP contribution in [-0.4, -0.2) is 17.6 Å². The van der Waals surface area contributed by atoms with Crippen LogP contribution in [0.5, 0.6) is 0 Å². The molecule has 0 unspecified atom stereocenters. The van der Waals surface area contributed by atoms with Gasteiger partial charge in [0.05, 0.1) is 6.61 Å². The van der Waals surface area contributed by atoms with E-state index in [0.29, 0.717) is 5.56 Å². The number of ether oxygens (including phenoxy) is 1. The lowest BCUT2D eigenvalue weighted by atomic mass is 10.0. The van der Waals surface area contributed by atoms with Crippen molar-refractivity contribution < 1.29 is 13.9 Å². The summed E-state index contributed by atoms with van der Waals surface area (Å²) in [4.78, 5) is 15.8. The minimum absolute atomic E-state index is 0.0203. The van der Waals surface area contributed by atoms with Gasteiger partial charge in [-0.1, -0.05) is 18.2 Å². The van der Waals surface area contributed by atoms with E-state index in [9.17, 15) is 9.18 Å². The molecule has 4 nitrogen and oxygen atoms in total. The minimum atomic E-state index is -0.618. The van der Waals surface area contributed by atoms with Crippen LogP contribution in [0.25, 0.3) is 11.1 Å². The fourth-order valence-corrected chi connectivity index (χ4v) is 1.73. The minimum Gasteiger partial charge on any atom is -0.461 e. The van der Waals surface area contributed by atoms with Crippen LogP contribution in [0.2, 0.25) is 0 Å². The van der Waals surface area contributed by atoms with Gasteiger partial charge in [-0.15, -0.1) is 0 Å². The molecule has 0 aliphatic heterocycles. The molecule has 0 spiro atoms. The lowest BCUT2D eigenvalue weighted by Crippen LogP contribution is -2.10. The number of halogens is 1. The van der Waals surface area contributed by atoms with Gasteiger partial charge in [-0.2, -0.15) is 0 Å². The number of rotatable bonds is 3. The van der Waals surface area contributed by atoms with Gasteiger partial charge >= 0.3 is 5.97 Å². The Hall–Kier alpha value is -2.43. The van der Waals surface area contributed by atoms with E-state index in [-0.39, 0.29) is 23.7 Å². The van der Waals surface area contributed by atoms with E-state index in [1.165, 1.54) is 12.1 Å². The number of anilines is 1. The zero-order chi connectivity index (χ0) is 13.8. The number of aromatic nitrogens is 1. The van der Waals surface area contributed by atoms with Crippen molar-refractivity contribution in [2.24, 2.45) is 0 Å². The number of benzene rings is 1. The Kier molecular flexibility index (Phi) is 3.75. The second-order valence-corrected chi connectivity index (χ2v) is 3.83. The molecule has 0 bridgehead atoms. The number of nitrogens with zero attached hydrogens (tertiary/aromatic N) is 1. The Morgan fingerprint density at radius 2 is 2.00 bits per heavy atom. The van der Waals surface area contributed by atoms with Crippen molar-refractivity contribution in [3.8, 4) is 11.1 Å². The highest BCUT2D eigenvalue weighted by Crippen LogP contribution is 2.26. The maximum absolute atomic E-state index is 13.8. The predicted molar refractivity (Wildman–Crippen MR) is 70.0 cm³/mol. The number of hydrogen-bond donors (Lipinski definition) is 1. The van der Waals surface area contributed by atoms with Gasteiger partial charge in [-0.05, 0) is 25.1 Å². The number of esters is 1. The van der Waals surface area contributed by atoms with Crippen molar-refractivity contribution >= 4 is 11.8 Å². The number of carbonyl (C=O) groups is 1. The third kappa shape index (κ3) is 2.70. The highest BCUT2D eigenvalue weighted by atomic mass is 19.1. The third-order valence-electron chi connectivity index (χ3n) is 2.55. The average Bonchev–Trinajstić information content (AvgIpc) is 2.40. The Morgan fingerprint density at radius 1 is 1.26 bits per heavy atom. The summed E-state index contributed by atoms with van der Waals surface area (Å²) in [5, 5.41) is 0. The molecule has 0 aliphatic rings. The first kappa shape index (κ1) is 13.0. The van der Waals surface area contributed by atoms with Crippen LogP contribution in [0, 0.1) is 5.82 Å². The zero-order valence-electron chi connectivity index (χ0n) is 10.4. The van der Waals surface area contributed by atoms with Gasteiger partial charge in [0.15, 0.2) is 5.69 Å². The molecular weight excluding hydrogens is 247 g/mol. The second kappa shape index (κ2) is 5.48. The van der Waals surface area contributed by atoms with Crippen molar-refractivity contribution in [3.63, 3.8) is 0 Å². The van der Waals surface area contributed by atoms with Gasteiger partial charge in [0.25, 0.3) is 0 Å². The Bertz CT molecular complexity index is 614. The lowest BCUT2D eigenvalue weighted by Gasteiger charge is -2.09. The van der Waals surface area contributed by atoms with Crippen molar-refractivity contribution in [3.05, 3.63) is 47.9 Å². The molecular formula is C14H13FN2O2. The smallest absolute Gasteiger partial charge is 0.357 e. The molecule has 98 valence electrons. The Morgan fingerprint density at radius 3 is 2.68 bits per heavy atom. The maximum Gasteiger partial charge on any atom is 0.357 e. The highest BCUT2D eigenvalue weighted by Gasteiger charge is 2.18. The van der Waals surface area contributed by atoms with E-state index in [2.05, 4.69) is 4.98 Å². The fourth-order valence-electron chi connectivity index (χ4n) is 1.73. The third-order valence-corrected chi connectivity index (χ3v) is 2.55. The normalized spacial score (nSPS) is 10.2. The first-order chi connectivity index (χ1) is 9.13. The molecule has 2 aromatic rings. The largest absolute Gasteiger partial charge is 0.461 e. The Balaban J connectivity index is 2.57. The quantitative estimate of drug-likeness (QED) is 0.861. The topological polar surface area (TPSA) is 65.2 Å². The monoisotopic (exact) mass is 260 g/mol. The molecule has 2 N–H and O–H groups in total. The molecule has 0 amide bonds. The molecule has 0 radical (unpaired) electrons. The summed E-state index contributed by atoms with van der Waals surface area (Å²) in [6, 6.07) is 9.24. The maximum atomic E-state index is 13.8. The van der Waals surface area contributed by atoms with Gasteiger partial charge in [-0.3, -0.25) is 0 Å². The van der Waals surface area contributed by atoms with Crippen LogP contribution < -0.4 is 5.73 Å². The summed E-state index contributed by atoms with van der Waals surface area (Å²) in [6.45, 7) is 1.90. The van der Waals surface area contributed by atoms with Gasteiger partial charge in [-0.25, -0.2) is 14.2 Å². The van der Waals surface area contributed by atoms with Crippen LogP contribution in [0.1, 0.15) is 17.4 Å². The van der Waals surface area contributed by atoms with E-state index < -0.39 is 11.8 Å². The van der Waals surface area contributed by atoms with Crippen LogP contribution in [0.3, 0.4) is 0 Å². The second-order valence-electron chi connectivity index (χ2n) is 3.83. The lowest BCUT2D eigenvalue weighted by molar-refractivity contribution is 0.0520.